The van der Waals surface area contributed by atoms with Crippen molar-refractivity contribution in [2.75, 3.05) is 52.5 Å². The van der Waals surface area contributed by atoms with Gasteiger partial charge in [-0.25, -0.2) is 0 Å². The first-order valence-electron chi connectivity index (χ1n) is 11.6. The number of aliphatic hydroxyl groups is 1. The van der Waals surface area contributed by atoms with Crippen LogP contribution in [-0.2, 0) is 11.3 Å². The van der Waals surface area contributed by atoms with E-state index in [0.717, 1.165) is 84.1 Å². The molecule has 1 aromatic carbocycles. The molecule has 1 N–H and O–H groups in total. The van der Waals surface area contributed by atoms with Crippen LogP contribution in [0.5, 0.6) is 5.75 Å². The van der Waals surface area contributed by atoms with Gasteiger partial charge >= 0.3 is 0 Å². The molecule has 3 fully saturated rings. The first-order chi connectivity index (χ1) is 14.2. The number of hydrogen-bond donors (Lipinski definition) is 1. The minimum Gasteiger partial charge on any atom is -0.494 e. The van der Waals surface area contributed by atoms with Crippen LogP contribution in [0.4, 0.5) is 0 Å². The Hall–Kier alpha value is -1.14. The van der Waals surface area contributed by atoms with Gasteiger partial charge in [-0.2, -0.15) is 0 Å². The molecule has 3 aliphatic rings. The fraction of sp³-hybridized carbons (Fsp3) is 0.750. The Morgan fingerprint density at radius 2 is 2.07 bits per heavy atom. The number of hydrogen-bond acceptors (Lipinski definition) is 5. The number of morpholine rings is 1. The molecule has 2 heterocycles. The molecular weight excluding hydrogens is 364 g/mol. The fourth-order valence-corrected chi connectivity index (χ4v) is 5.58. The number of fused-ring (bicyclic) bond motifs is 1. The molecular formula is C24H38N2O3. The Balaban J connectivity index is 1.25. The van der Waals surface area contributed by atoms with E-state index in [1.54, 1.807) is 0 Å². The number of nitrogens with zero attached hydrogens (tertiary/aromatic N) is 2. The van der Waals surface area contributed by atoms with Crippen molar-refractivity contribution in [1.29, 1.82) is 0 Å². The molecule has 3 atom stereocenters. The number of benzene rings is 1. The predicted octanol–water partition coefficient (Wildman–Crippen LogP) is 3.16. The molecule has 1 aliphatic carbocycles. The lowest BCUT2D eigenvalue weighted by Gasteiger charge is -2.40. The number of likely N-dealkylation sites (tertiary alicyclic amines) is 1. The van der Waals surface area contributed by atoms with Crippen LogP contribution in [0, 0.1) is 11.8 Å². The summed E-state index contributed by atoms with van der Waals surface area (Å²) < 4.78 is 11.4. The molecule has 1 aromatic rings. The summed E-state index contributed by atoms with van der Waals surface area (Å²) in [5.41, 5.74) is 0.873. The van der Waals surface area contributed by atoms with Crippen LogP contribution < -0.4 is 4.74 Å². The van der Waals surface area contributed by atoms with Crippen LogP contribution >= 0.6 is 0 Å². The Labute approximate surface area is 176 Å². The van der Waals surface area contributed by atoms with Crippen molar-refractivity contribution in [3.8, 4) is 5.75 Å². The largest absolute Gasteiger partial charge is 0.494 e. The summed E-state index contributed by atoms with van der Waals surface area (Å²) >= 11 is 0. The van der Waals surface area contributed by atoms with Crippen LogP contribution in [-0.4, -0.2) is 73.1 Å². The van der Waals surface area contributed by atoms with E-state index in [1.807, 2.05) is 0 Å². The maximum atomic E-state index is 11.0. The van der Waals surface area contributed by atoms with Gasteiger partial charge in [0.15, 0.2) is 0 Å². The number of rotatable bonds is 8. The lowest BCUT2D eigenvalue weighted by Crippen LogP contribution is -2.44. The first-order valence-corrected chi connectivity index (χ1v) is 11.6. The standard InChI is InChI=1S/C24H38N2O3/c1-2-24(27)9-4-7-21-18-26(19-23(21)24)17-20-6-3-8-22(16-20)29-13-5-10-25-11-14-28-15-12-25/h3,6,8,16,21,23,27H,2,4-5,7,9-15,17-19H2,1H3/t21-,23+,24-/m1/s1. The van der Waals surface area contributed by atoms with Crippen molar-refractivity contribution >= 4 is 0 Å². The first kappa shape index (κ1) is 21.1. The SMILES string of the molecule is CC[C@@]1(O)CCC[C@@H]2CN(Cc3cccc(OCCCN4CCOCC4)c3)C[C@@H]21. The highest BCUT2D eigenvalue weighted by atomic mass is 16.5. The van der Waals surface area contributed by atoms with Gasteiger partial charge in [0.25, 0.3) is 0 Å². The molecule has 162 valence electrons. The van der Waals surface area contributed by atoms with Gasteiger partial charge in [0.05, 0.1) is 25.4 Å². The summed E-state index contributed by atoms with van der Waals surface area (Å²) in [6, 6.07) is 8.58. The summed E-state index contributed by atoms with van der Waals surface area (Å²) in [4.78, 5) is 4.99. The third kappa shape index (κ3) is 5.32. The second-order valence-corrected chi connectivity index (χ2v) is 9.21. The zero-order valence-corrected chi connectivity index (χ0v) is 18.0. The molecule has 5 heteroatoms. The van der Waals surface area contributed by atoms with Gasteiger partial charge in [0, 0.05) is 45.2 Å². The smallest absolute Gasteiger partial charge is 0.119 e. The van der Waals surface area contributed by atoms with Crippen LogP contribution in [0.3, 0.4) is 0 Å². The predicted molar refractivity (Wildman–Crippen MR) is 115 cm³/mol. The molecule has 1 saturated carbocycles. The summed E-state index contributed by atoms with van der Waals surface area (Å²) in [6.07, 6.45) is 5.36. The molecule has 0 spiro atoms. The second-order valence-electron chi connectivity index (χ2n) is 9.21. The lowest BCUT2D eigenvalue weighted by molar-refractivity contribution is -0.0613. The normalized spacial score (nSPS) is 31.0. The van der Waals surface area contributed by atoms with Gasteiger partial charge in [0.1, 0.15) is 5.75 Å². The molecule has 5 nitrogen and oxygen atoms in total. The van der Waals surface area contributed by atoms with Gasteiger partial charge in [-0.05, 0) is 49.3 Å². The van der Waals surface area contributed by atoms with Gasteiger partial charge in [-0.15, -0.1) is 0 Å². The van der Waals surface area contributed by atoms with Crippen LogP contribution in [0.25, 0.3) is 0 Å². The van der Waals surface area contributed by atoms with Gasteiger partial charge in [-0.1, -0.05) is 25.5 Å². The average Bonchev–Trinajstić information content (AvgIpc) is 3.16. The summed E-state index contributed by atoms with van der Waals surface area (Å²) in [6.45, 7) is 10.9. The quantitative estimate of drug-likeness (QED) is 0.677. The summed E-state index contributed by atoms with van der Waals surface area (Å²) in [5, 5.41) is 11.0. The monoisotopic (exact) mass is 402 g/mol. The van der Waals surface area contributed by atoms with Crippen LogP contribution in [0.2, 0.25) is 0 Å². The van der Waals surface area contributed by atoms with E-state index in [0.29, 0.717) is 11.8 Å². The van der Waals surface area contributed by atoms with Crippen molar-refractivity contribution in [3.63, 3.8) is 0 Å². The van der Waals surface area contributed by atoms with E-state index in [-0.39, 0.29) is 0 Å². The van der Waals surface area contributed by atoms with Crippen LogP contribution in [0.1, 0.15) is 44.6 Å². The molecule has 0 radical (unpaired) electrons. The van der Waals surface area contributed by atoms with E-state index in [2.05, 4.69) is 41.0 Å². The zero-order valence-electron chi connectivity index (χ0n) is 18.0. The van der Waals surface area contributed by atoms with Gasteiger partial charge in [0.2, 0.25) is 0 Å². The van der Waals surface area contributed by atoms with Crippen molar-refractivity contribution in [2.24, 2.45) is 11.8 Å². The van der Waals surface area contributed by atoms with Crippen molar-refractivity contribution in [1.82, 2.24) is 9.80 Å². The van der Waals surface area contributed by atoms with Gasteiger partial charge in [-0.3, -0.25) is 9.80 Å². The minimum atomic E-state index is -0.441. The topological polar surface area (TPSA) is 45.2 Å². The Bertz CT molecular complexity index is 649. The second kappa shape index (κ2) is 9.78. The van der Waals surface area contributed by atoms with E-state index in [4.69, 9.17) is 9.47 Å². The fourth-order valence-electron chi connectivity index (χ4n) is 5.58. The van der Waals surface area contributed by atoms with E-state index in [9.17, 15) is 5.11 Å². The molecule has 0 aromatic heterocycles. The van der Waals surface area contributed by atoms with Gasteiger partial charge < -0.3 is 14.6 Å². The average molecular weight is 403 g/mol. The van der Waals surface area contributed by atoms with Crippen LogP contribution in [0.15, 0.2) is 24.3 Å². The third-order valence-electron chi connectivity index (χ3n) is 7.30. The number of ether oxygens (including phenoxy) is 2. The molecule has 2 aliphatic heterocycles. The lowest BCUT2D eigenvalue weighted by atomic mass is 9.69. The van der Waals surface area contributed by atoms with E-state index in [1.165, 1.54) is 18.4 Å². The van der Waals surface area contributed by atoms with Crippen molar-refractivity contribution in [2.45, 2.75) is 51.2 Å². The zero-order chi connectivity index (χ0) is 20.1. The minimum absolute atomic E-state index is 0.441. The maximum absolute atomic E-state index is 11.0. The molecule has 0 unspecified atom stereocenters. The highest BCUT2D eigenvalue weighted by molar-refractivity contribution is 5.28. The van der Waals surface area contributed by atoms with Crippen molar-refractivity contribution < 1.29 is 14.6 Å². The van der Waals surface area contributed by atoms with Crippen molar-refractivity contribution in [3.05, 3.63) is 29.8 Å². The molecule has 0 amide bonds. The molecule has 29 heavy (non-hydrogen) atoms. The van der Waals surface area contributed by atoms with E-state index < -0.39 is 5.60 Å². The molecule has 2 saturated heterocycles. The summed E-state index contributed by atoms with van der Waals surface area (Å²) in [7, 11) is 0. The highest BCUT2D eigenvalue weighted by Crippen LogP contribution is 2.44. The Kier molecular flexibility index (Phi) is 7.12. The third-order valence-corrected chi connectivity index (χ3v) is 7.30. The molecule has 4 rings (SSSR count). The maximum Gasteiger partial charge on any atom is 0.119 e. The summed E-state index contributed by atoms with van der Waals surface area (Å²) in [5.74, 6) is 2.08. The Morgan fingerprint density at radius 1 is 1.21 bits per heavy atom. The molecule has 0 bridgehead atoms. The Morgan fingerprint density at radius 3 is 2.90 bits per heavy atom. The van der Waals surface area contributed by atoms with E-state index >= 15 is 0 Å². The highest BCUT2D eigenvalue weighted by Gasteiger charge is 2.47.